The Hall–Kier alpha value is -0.570. The predicted molar refractivity (Wildman–Crippen MR) is 76.2 cm³/mol. The molecule has 1 aromatic rings. The fourth-order valence-electron chi connectivity index (χ4n) is 2.62. The maximum absolute atomic E-state index is 4.07. The lowest BCUT2D eigenvalue weighted by atomic mass is 9.81. The molecule has 0 amide bonds. The van der Waals surface area contributed by atoms with Crippen molar-refractivity contribution in [2.45, 2.75) is 39.0 Å². The lowest BCUT2D eigenvalue weighted by molar-refractivity contribution is 0.278. The zero-order chi connectivity index (χ0) is 12.1. The van der Waals surface area contributed by atoms with Gasteiger partial charge in [-0.2, -0.15) is 0 Å². The van der Waals surface area contributed by atoms with E-state index >= 15 is 0 Å². The molecule has 1 saturated carbocycles. The number of halogens is 1. The quantitative estimate of drug-likeness (QED) is 0.886. The number of anilines is 1. The number of pyridine rings is 1. The third-order valence-corrected chi connectivity index (χ3v) is 4.53. The highest BCUT2D eigenvalue weighted by atomic mass is 79.9. The molecule has 0 radical (unpaired) electrons. The second kappa shape index (κ2) is 6.39. The van der Waals surface area contributed by atoms with E-state index in [9.17, 15) is 0 Å². The van der Waals surface area contributed by atoms with Crippen LogP contribution in [0.4, 0.5) is 5.69 Å². The van der Waals surface area contributed by atoms with E-state index in [4.69, 9.17) is 0 Å². The summed E-state index contributed by atoms with van der Waals surface area (Å²) in [5.41, 5.74) is 1.16. The molecule has 1 aliphatic carbocycles. The first-order valence-electron chi connectivity index (χ1n) is 6.63. The number of aromatic nitrogens is 1. The van der Waals surface area contributed by atoms with Gasteiger partial charge in [-0.15, -0.1) is 0 Å². The molecular formula is C14H21BrN2. The molecule has 0 unspecified atom stereocenters. The molecule has 3 heteroatoms. The summed E-state index contributed by atoms with van der Waals surface area (Å²) in [4.78, 5) is 4.07. The summed E-state index contributed by atoms with van der Waals surface area (Å²) in [6.45, 7) is 3.41. The van der Waals surface area contributed by atoms with Crippen molar-refractivity contribution in [1.82, 2.24) is 4.98 Å². The van der Waals surface area contributed by atoms with Gasteiger partial charge in [0.25, 0.3) is 0 Å². The van der Waals surface area contributed by atoms with Crippen molar-refractivity contribution in [3.8, 4) is 0 Å². The largest absolute Gasteiger partial charge is 0.384 e. The lowest BCUT2D eigenvalue weighted by Crippen LogP contribution is -2.21. The van der Waals surface area contributed by atoms with Crippen molar-refractivity contribution in [3.63, 3.8) is 0 Å². The van der Waals surface area contributed by atoms with E-state index in [1.54, 1.807) is 0 Å². The van der Waals surface area contributed by atoms with E-state index in [1.165, 1.54) is 32.1 Å². The van der Waals surface area contributed by atoms with Crippen LogP contribution < -0.4 is 5.32 Å². The predicted octanol–water partition coefficient (Wildman–Crippen LogP) is 4.47. The van der Waals surface area contributed by atoms with Crippen molar-refractivity contribution < 1.29 is 0 Å². The van der Waals surface area contributed by atoms with Crippen LogP contribution >= 0.6 is 15.9 Å². The number of nitrogens with one attached hydrogen (secondary N) is 1. The second-order valence-electron chi connectivity index (χ2n) is 5.03. The van der Waals surface area contributed by atoms with Gasteiger partial charge in [0.15, 0.2) is 0 Å². The van der Waals surface area contributed by atoms with Gasteiger partial charge in [-0.3, -0.25) is 4.98 Å². The molecule has 0 saturated heterocycles. The minimum atomic E-state index is 0.845. The third-order valence-electron chi connectivity index (χ3n) is 3.90. The van der Waals surface area contributed by atoms with Crippen LogP contribution in [0.5, 0.6) is 0 Å². The molecule has 1 fully saturated rings. The maximum atomic E-state index is 4.07. The first-order chi connectivity index (χ1) is 8.29. The maximum Gasteiger partial charge on any atom is 0.0590 e. The standard InChI is InChI=1S/C14H21BrN2/c1-2-11-3-5-12(6-4-11)9-17-14-7-8-16-10-13(14)15/h7-8,10-12H,2-6,9H2,1H3,(H,16,17). The second-order valence-corrected chi connectivity index (χ2v) is 5.89. The van der Waals surface area contributed by atoms with E-state index < -0.39 is 0 Å². The Morgan fingerprint density at radius 2 is 2.00 bits per heavy atom. The number of nitrogens with zero attached hydrogens (tertiary/aromatic N) is 1. The van der Waals surface area contributed by atoms with Crippen LogP contribution in [0.3, 0.4) is 0 Å². The molecule has 1 heterocycles. The van der Waals surface area contributed by atoms with Gasteiger partial charge in [0, 0.05) is 18.9 Å². The van der Waals surface area contributed by atoms with E-state index in [0.717, 1.165) is 28.5 Å². The van der Waals surface area contributed by atoms with E-state index in [-0.39, 0.29) is 0 Å². The molecule has 0 atom stereocenters. The summed E-state index contributed by atoms with van der Waals surface area (Å²) in [6.07, 6.45) is 10.6. The molecule has 1 aliphatic rings. The topological polar surface area (TPSA) is 24.9 Å². The van der Waals surface area contributed by atoms with Crippen LogP contribution in [0.25, 0.3) is 0 Å². The Balaban J connectivity index is 1.78. The van der Waals surface area contributed by atoms with Crippen molar-refractivity contribution >= 4 is 21.6 Å². The summed E-state index contributed by atoms with van der Waals surface area (Å²) < 4.78 is 1.06. The van der Waals surface area contributed by atoms with Crippen LogP contribution in [0.15, 0.2) is 22.9 Å². The van der Waals surface area contributed by atoms with E-state index in [0.29, 0.717) is 0 Å². The van der Waals surface area contributed by atoms with Crippen molar-refractivity contribution in [1.29, 1.82) is 0 Å². The minimum absolute atomic E-state index is 0.845. The van der Waals surface area contributed by atoms with Crippen LogP contribution in [-0.2, 0) is 0 Å². The Morgan fingerprint density at radius 3 is 2.65 bits per heavy atom. The van der Waals surface area contributed by atoms with Crippen LogP contribution in [-0.4, -0.2) is 11.5 Å². The smallest absolute Gasteiger partial charge is 0.0590 e. The van der Waals surface area contributed by atoms with Crippen LogP contribution in [0, 0.1) is 11.8 Å². The SMILES string of the molecule is CCC1CCC(CNc2ccncc2Br)CC1. The summed E-state index contributed by atoms with van der Waals surface area (Å²) >= 11 is 3.52. The average Bonchev–Trinajstić information content (AvgIpc) is 2.38. The fraction of sp³-hybridized carbons (Fsp3) is 0.643. The van der Waals surface area contributed by atoms with Gasteiger partial charge in [0.2, 0.25) is 0 Å². The normalized spacial score (nSPS) is 24.6. The Kier molecular flexibility index (Phi) is 4.84. The monoisotopic (exact) mass is 296 g/mol. The summed E-state index contributed by atoms with van der Waals surface area (Å²) in [6, 6.07) is 2.03. The highest BCUT2D eigenvalue weighted by Crippen LogP contribution is 2.31. The van der Waals surface area contributed by atoms with Crippen LogP contribution in [0.2, 0.25) is 0 Å². The van der Waals surface area contributed by atoms with Crippen molar-refractivity contribution in [2.24, 2.45) is 11.8 Å². The van der Waals surface area contributed by atoms with E-state index in [1.807, 2.05) is 18.5 Å². The number of rotatable bonds is 4. The molecule has 94 valence electrons. The van der Waals surface area contributed by atoms with Crippen molar-refractivity contribution in [3.05, 3.63) is 22.9 Å². The number of hydrogen-bond donors (Lipinski definition) is 1. The average molecular weight is 297 g/mol. The molecule has 2 rings (SSSR count). The van der Waals surface area contributed by atoms with Gasteiger partial charge in [-0.25, -0.2) is 0 Å². The molecule has 1 N–H and O–H groups in total. The molecule has 0 aliphatic heterocycles. The molecule has 2 nitrogen and oxygen atoms in total. The zero-order valence-electron chi connectivity index (χ0n) is 10.5. The number of hydrogen-bond acceptors (Lipinski definition) is 2. The first-order valence-corrected chi connectivity index (χ1v) is 7.42. The van der Waals surface area contributed by atoms with Gasteiger partial charge in [-0.1, -0.05) is 26.2 Å². The summed E-state index contributed by atoms with van der Waals surface area (Å²) in [5.74, 6) is 1.83. The first kappa shape index (κ1) is 12.9. The van der Waals surface area contributed by atoms with Crippen LogP contribution in [0.1, 0.15) is 39.0 Å². The van der Waals surface area contributed by atoms with Gasteiger partial charge >= 0.3 is 0 Å². The van der Waals surface area contributed by atoms with Gasteiger partial charge < -0.3 is 5.32 Å². The van der Waals surface area contributed by atoms with Gasteiger partial charge in [0.1, 0.15) is 0 Å². The molecular weight excluding hydrogens is 276 g/mol. The minimum Gasteiger partial charge on any atom is -0.384 e. The van der Waals surface area contributed by atoms with Crippen molar-refractivity contribution in [2.75, 3.05) is 11.9 Å². The molecule has 0 spiro atoms. The molecule has 17 heavy (non-hydrogen) atoms. The highest BCUT2D eigenvalue weighted by molar-refractivity contribution is 9.10. The molecule has 0 aromatic carbocycles. The fourth-order valence-corrected chi connectivity index (χ4v) is 3.01. The molecule has 0 bridgehead atoms. The summed E-state index contributed by atoms with van der Waals surface area (Å²) in [5, 5.41) is 3.53. The Labute approximate surface area is 112 Å². The highest BCUT2D eigenvalue weighted by Gasteiger charge is 2.19. The van der Waals surface area contributed by atoms with Gasteiger partial charge in [-0.05, 0) is 46.7 Å². The Bertz CT molecular complexity index is 346. The lowest BCUT2D eigenvalue weighted by Gasteiger charge is -2.28. The van der Waals surface area contributed by atoms with E-state index in [2.05, 4.69) is 33.2 Å². The molecule has 1 aromatic heterocycles. The Morgan fingerprint density at radius 1 is 1.29 bits per heavy atom. The third kappa shape index (κ3) is 3.70. The summed E-state index contributed by atoms with van der Waals surface area (Å²) in [7, 11) is 0. The zero-order valence-corrected chi connectivity index (χ0v) is 12.0. The van der Waals surface area contributed by atoms with Gasteiger partial charge in [0.05, 0.1) is 10.2 Å².